The summed E-state index contributed by atoms with van der Waals surface area (Å²) in [6, 6.07) is 6.26. The standard InChI is InChI=1S/C12H6ClF3O2/c13-11-8(10-5-4-7(6-17)18-10)2-1-3-9(11)12(14,15)16/h1-6H. The average molecular weight is 275 g/mol. The van der Waals surface area contributed by atoms with Crippen molar-refractivity contribution < 1.29 is 22.4 Å². The SMILES string of the molecule is O=Cc1ccc(-c2cccc(C(F)(F)F)c2Cl)o1. The number of hydrogen-bond acceptors (Lipinski definition) is 2. The normalized spacial score (nSPS) is 11.6. The Morgan fingerprint density at radius 2 is 1.89 bits per heavy atom. The number of benzene rings is 1. The summed E-state index contributed by atoms with van der Waals surface area (Å²) in [7, 11) is 0. The summed E-state index contributed by atoms with van der Waals surface area (Å²) in [6.07, 6.45) is -4.07. The fourth-order valence-electron chi connectivity index (χ4n) is 1.50. The summed E-state index contributed by atoms with van der Waals surface area (Å²) >= 11 is 5.71. The highest BCUT2D eigenvalue weighted by Crippen LogP contribution is 2.39. The Labute approximate surface area is 105 Å². The van der Waals surface area contributed by atoms with Gasteiger partial charge in [-0.15, -0.1) is 0 Å². The third kappa shape index (κ3) is 2.26. The third-order valence-electron chi connectivity index (χ3n) is 2.31. The minimum atomic E-state index is -4.53. The maximum Gasteiger partial charge on any atom is 0.417 e. The van der Waals surface area contributed by atoms with Gasteiger partial charge in [0.25, 0.3) is 0 Å². The predicted octanol–water partition coefficient (Wildman–Crippen LogP) is 4.43. The van der Waals surface area contributed by atoms with Crippen molar-refractivity contribution in [2.75, 3.05) is 0 Å². The van der Waals surface area contributed by atoms with E-state index in [1.807, 2.05) is 0 Å². The molecule has 0 bridgehead atoms. The molecule has 0 aliphatic carbocycles. The molecule has 0 atom stereocenters. The second-order valence-electron chi connectivity index (χ2n) is 3.48. The second-order valence-corrected chi connectivity index (χ2v) is 3.86. The Morgan fingerprint density at radius 3 is 2.44 bits per heavy atom. The van der Waals surface area contributed by atoms with E-state index in [0.29, 0.717) is 6.29 Å². The van der Waals surface area contributed by atoms with Crippen LogP contribution in [0.4, 0.5) is 13.2 Å². The number of carbonyl (C=O) groups excluding carboxylic acids is 1. The van der Waals surface area contributed by atoms with Crippen molar-refractivity contribution >= 4 is 17.9 Å². The molecule has 0 radical (unpaired) electrons. The van der Waals surface area contributed by atoms with E-state index in [0.717, 1.165) is 6.07 Å². The molecule has 0 aliphatic rings. The van der Waals surface area contributed by atoms with E-state index in [1.54, 1.807) is 0 Å². The number of carbonyl (C=O) groups is 1. The molecule has 1 heterocycles. The van der Waals surface area contributed by atoms with E-state index < -0.39 is 16.8 Å². The van der Waals surface area contributed by atoms with Crippen LogP contribution in [0.15, 0.2) is 34.7 Å². The lowest BCUT2D eigenvalue weighted by Crippen LogP contribution is -2.06. The first kappa shape index (κ1) is 12.7. The molecule has 0 amide bonds. The van der Waals surface area contributed by atoms with Crippen LogP contribution in [0.2, 0.25) is 5.02 Å². The van der Waals surface area contributed by atoms with Crippen molar-refractivity contribution in [3.05, 3.63) is 46.7 Å². The minimum absolute atomic E-state index is 0.0264. The van der Waals surface area contributed by atoms with Crippen molar-refractivity contribution in [3.8, 4) is 11.3 Å². The lowest BCUT2D eigenvalue weighted by atomic mass is 10.1. The van der Waals surface area contributed by atoms with Crippen LogP contribution < -0.4 is 0 Å². The highest BCUT2D eigenvalue weighted by atomic mass is 35.5. The molecule has 18 heavy (non-hydrogen) atoms. The zero-order valence-electron chi connectivity index (χ0n) is 8.79. The van der Waals surface area contributed by atoms with Crippen LogP contribution >= 0.6 is 11.6 Å². The maximum absolute atomic E-state index is 12.6. The van der Waals surface area contributed by atoms with Gasteiger partial charge in [0.2, 0.25) is 0 Å². The van der Waals surface area contributed by atoms with Crippen LogP contribution in [-0.4, -0.2) is 6.29 Å². The van der Waals surface area contributed by atoms with Crippen LogP contribution in [0.3, 0.4) is 0 Å². The highest BCUT2D eigenvalue weighted by molar-refractivity contribution is 6.34. The lowest BCUT2D eigenvalue weighted by molar-refractivity contribution is -0.137. The van der Waals surface area contributed by atoms with Gasteiger partial charge in [-0.05, 0) is 24.3 Å². The molecular weight excluding hydrogens is 269 g/mol. The second kappa shape index (κ2) is 4.49. The van der Waals surface area contributed by atoms with Gasteiger partial charge in [-0.25, -0.2) is 0 Å². The highest BCUT2D eigenvalue weighted by Gasteiger charge is 2.34. The molecule has 2 nitrogen and oxygen atoms in total. The molecule has 0 saturated heterocycles. The first-order valence-corrected chi connectivity index (χ1v) is 5.22. The van der Waals surface area contributed by atoms with Crippen molar-refractivity contribution in [1.82, 2.24) is 0 Å². The molecule has 1 aromatic carbocycles. The Bertz CT molecular complexity index is 587. The Morgan fingerprint density at radius 1 is 1.17 bits per heavy atom. The van der Waals surface area contributed by atoms with Crippen molar-refractivity contribution in [1.29, 1.82) is 0 Å². The molecule has 2 rings (SSSR count). The van der Waals surface area contributed by atoms with Gasteiger partial charge in [-0.2, -0.15) is 13.2 Å². The zero-order chi connectivity index (χ0) is 13.3. The zero-order valence-corrected chi connectivity index (χ0v) is 9.55. The van der Waals surface area contributed by atoms with Gasteiger partial charge in [0.1, 0.15) is 5.76 Å². The van der Waals surface area contributed by atoms with Crippen LogP contribution in [0.1, 0.15) is 16.1 Å². The van der Waals surface area contributed by atoms with Crippen LogP contribution in [0.25, 0.3) is 11.3 Å². The third-order valence-corrected chi connectivity index (χ3v) is 2.72. The van der Waals surface area contributed by atoms with Gasteiger partial charge in [0.05, 0.1) is 10.6 Å². The van der Waals surface area contributed by atoms with E-state index >= 15 is 0 Å². The van der Waals surface area contributed by atoms with E-state index in [9.17, 15) is 18.0 Å². The van der Waals surface area contributed by atoms with Crippen LogP contribution in [0, 0.1) is 0 Å². The molecule has 0 N–H and O–H groups in total. The van der Waals surface area contributed by atoms with Gasteiger partial charge in [0, 0.05) is 5.56 Å². The van der Waals surface area contributed by atoms with Gasteiger partial charge in [0.15, 0.2) is 12.0 Å². The quantitative estimate of drug-likeness (QED) is 0.758. The first-order chi connectivity index (χ1) is 8.43. The van der Waals surface area contributed by atoms with Gasteiger partial charge >= 0.3 is 6.18 Å². The van der Waals surface area contributed by atoms with Gasteiger partial charge in [-0.3, -0.25) is 4.79 Å². The number of halogens is 4. The fourth-order valence-corrected chi connectivity index (χ4v) is 1.83. The molecular formula is C12H6ClF3O2. The van der Waals surface area contributed by atoms with E-state index in [2.05, 4.69) is 0 Å². The number of hydrogen-bond donors (Lipinski definition) is 0. The number of rotatable bonds is 2. The molecule has 0 aliphatic heterocycles. The number of alkyl halides is 3. The summed E-state index contributed by atoms with van der Waals surface area (Å²) in [5.41, 5.74) is -0.842. The molecule has 0 fully saturated rings. The fraction of sp³-hybridized carbons (Fsp3) is 0.0833. The maximum atomic E-state index is 12.6. The Kier molecular flexibility index (Phi) is 3.17. The lowest BCUT2D eigenvalue weighted by Gasteiger charge is -2.10. The monoisotopic (exact) mass is 274 g/mol. The summed E-state index contributed by atoms with van der Waals surface area (Å²) in [6.45, 7) is 0. The summed E-state index contributed by atoms with van der Waals surface area (Å²) < 4.78 is 43.0. The summed E-state index contributed by atoms with van der Waals surface area (Å²) in [4.78, 5) is 10.5. The number of aldehydes is 1. The molecule has 2 aromatic rings. The van der Waals surface area contributed by atoms with Crippen LogP contribution in [0.5, 0.6) is 0 Å². The van der Waals surface area contributed by atoms with E-state index in [-0.39, 0.29) is 17.1 Å². The Balaban J connectivity index is 2.55. The molecule has 0 saturated carbocycles. The van der Waals surface area contributed by atoms with Gasteiger partial charge < -0.3 is 4.42 Å². The smallest absolute Gasteiger partial charge is 0.417 e. The molecule has 6 heteroatoms. The molecule has 1 aromatic heterocycles. The number of furan rings is 1. The van der Waals surface area contributed by atoms with Crippen molar-refractivity contribution in [3.63, 3.8) is 0 Å². The first-order valence-electron chi connectivity index (χ1n) is 4.84. The molecule has 94 valence electrons. The van der Waals surface area contributed by atoms with Crippen molar-refractivity contribution in [2.24, 2.45) is 0 Å². The Hall–Kier alpha value is -1.75. The summed E-state index contributed by atoms with van der Waals surface area (Å²) in [5, 5.41) is -0.447. The molecule has 0 unspecified atom stereocenters. The minimum Gasteiger partial charge on any atom is -0.453 e. The molecule has 0 spiro atoms. The van der Waals surface area contributed by atoms with E-state index in [4.69, 9.17) is 16.0 Å². The largest absolute Gasteiger partial charge is 0.453 e. The summed E-state index contributed by atoms with van der Waals surface area (Å²) in [5.74, 6) is 0.145. The average Bonchev–Trinajstić information content (AvgIpc) is 2.76. The predicted molar refractivity (Wildman–Crippen MR) is 59.5 cm³/mol. The topological polar surface area (TPSA) is 30.2 Å². The van der Waals surface area contributed by atoms with Crippen molar-refractivity contribution in [2.45, 2.75) is 6.18 Å². The van der Waals surface area contributed by atoms with Crippen LogP contribution in [-0.2, 0) is 6.18 Å². The van der Waals surface area contributed by atoms with Gasteiger partial charge in [-0.1, -0.05) is 17.7 Å². The van der Waals surface area contributed by atoms with E-state index in [1.165, 1.54) is 24.3 Å².